The molecule has 1 aromatic carbocycles. The van der Waals surface area contributed by atoms with Crippen LogP contribution in [0.15, 0.2) is 58.9 Å². The van der Waals surface area contributed by atoms with Gasteiger partial charge in [0, 0.05) is 37.1 Å². The van der Waals surface area contributed by atoms with E-state index in [4.69, 9.17) is 9.47 Å². The molecule has 7 nitrogen and oxygen atoms in total. The van der Waals surface area contributed by atoms with E-state index in [0.29, 0.717) is 26.3 Å². The van der Waals surface area contributed by atoms with E-state index in [9.17, 15) is 9.18 Å². The first-order valence-corrected chi connectivity index (χ1v) is 12.0. The maximum atomic E-state index is 16.1. The lowest BCUT2D eigenvalue weighted by Gasteiger charge is -2.40. The molecule has 37 heavy (non-hydrogen) atoms. The van der Waals surface area contributed by atoms with Gasteiger partial charge in [0.1, 0.15) is 11.5 Å². The van der Waals surface area contributed by atoms with Crippen molar-refractivity contribution in [2.24, 2.45) is 4.99 Å². The molecule has 1 N–H and O–H groups in total. The molecule has 0 amide bonds. The number of pyridine rings is 1. The van der Waals surface area contributed by atoms with Crippen LogP contribution in [0.25, 0.3) is 0 Å². The fourth-order valence-corrected chi connectivity index (χ4v) is 4.84. The van der Waals surface area contributed by atoms with Crippen LogP contribution in [0.4, 0.5) is 17.6 Å². The van der Waals surface area contributed by atoms with Gasteiger partial charge in [-0.15, -0.1) is 0 Å². The number of aromatic nitrogens is 1. The first kappa shape index (κ1) is 26.7. The molecule has 0 bridgehead atoms. The highest BCUT2D eigenvalue weighted by Gasteiger charge is 2.71. The summed E-state index contributed by atoms with van der Waals surface area (Å²) in [7, 11) is 1.05. The number of benzene rings is 1. The van der Waals surface area contributed by atoms with Gasteiger partial charge in [-0.2, -0.15) is 8.78 Å². The number of ether oxygens (including phenoxy) is 2. The Labute approximate surface area is 212 Å². The molecule has 2 aromatic rings. The number of fused-ring (bicyclic) bond motifs is 2. The predicted octanol–water partition coefficient (Wildman–Crippen LogP) is 3.91. The number of halogens is 4. The van der Waals surface area contributed by atoms with Crippen molar-refractivity contribution in [3.63, 3.8) is 0 Å². The Morgan fingerprint density at radius 1 is 1.22 bits per heavy atom. The van der Waals surface area contributed by atoms with Crippen LogP contribution in [-0.2, 0) is 19.8 Å². The van der Waals surface area contributed by atoms with Gasteiger partial charge in [-0.25, -0.2) is 18.6 Å². The summed E-state index contributed by atoms with van der Waals surface area (Å²) >= 11 is 0. The molecular formula is C26H28F4N4O3. The summed E-state index contributed by atoms with van der Waals surface area (Å²) in [6.45, 7) is 5.89. The topological polar surface area (TPSA) is 76.0 Å². The molecule has 1 aromatic heterocycles. The second-order valence-corrected chi connectivity index (χ2v) is 8.46. The smallest absolute Gasteiger partial charge is 0.338 e. The average Bonchev–Trinajstić information content (AvgIpc) is 3.08. The van der Waals surface area contributed by atoms with Gasteiger partial charge in [0.15, 0.2) is 17.5 Å². The fourth-order valence-electron chi connectivity index (χ4n) is 4.84. The molecule has 11 heteroatoms. The van der Waals surface area contributed by atoms with Crippen molar-refractivity contribution in [1.82, 2.24) is 15.2 Å². The molecule has 1 aliphatic carbocycles. The van der Waals surface area contributed by atoms with Crippen molar-refractivity contribution in [2.45, 2.75) is 31.5 Å². The van der Waals surface area contributed by atoms with E-state index >= 15 is 13.2 Å². The lowest BCUT2D eigenvalue weighted by atomic mass is 9.79. The van der Waals surface area contributed by atoms with Crippen molar-refractivity contribution in [3.05, 3.63) is 76.5 Å². The minimum absolute atomic E-state index is 0.0466. The zero-order valence-electron chi connectivity index (χ0n) is 20.7. The van der Waals surface area contributed by atoms with Crippen LogP contribution >= 0.6 is 0 Å². The number of amidine groups is 1. The monoisotopic (exact) mass is 520 g/mol. The van der Waals surface area contributed by atoms with Crippen LogP contribution in [0.3, 0.4) is 0 Å². The summed E-state index contributed by atoms with van der Waals surface area (Å²) in [6, 6.07) is 7.57. The van der Waals surface area contributed by atoms with Gasteiger partial charge in [-0.3, -0.25) is 9.88 Å². The van der Waals surface area contributed by atoms with E-state index in [0.717, 1.165) is 25.3 Å². The largest absolute Gasteiger partial charge is 0.466 e. The lowest BCUT2D eigenvalue weighted by molar-refractivity contribution is -0.144. The van der Waals surface area contributed by atoms with Crippen LogP contribution in [0, 0.1) is 5.82 Å². The molecule has 0 saturated carbocycles. The van der Waals surface area contributed by atoms with Gasteiger partial charge in [0.25, 0.3) is 0 Å². The van der Waals surface area contributed by atoms with Crippen molar-refractivity contribution in [2.75, 3.05) is 40.0 Å². The quantitative estimate of drug-likeness (QED) is 0.487. The van der Waals surface area contributed by atoms with Crippen LogP contribution in [-0.4, -0.2) is 67.6 Å². The zero-order chi connectivity index (χ0) is 26.8. The summed E-state index contributed by atoms with van der Waals surface area (Å²) in [6.07, 6.45) is -1.44. The van der Waals surface area contributed by atoms with E-state index in [1.54, 1.807) is 18.2 Å². The highest BCUT2D eigenvalue weighted by molar-refractivity contribution is 6.04. The Kier molecular flexibility index (Phi) is 7.65. The predicted molar refractivity (Wildman–Crippen MR) is 128 cm³/mol. The Bertz CT molecular complexity index is 1220. The third-order valence-electron chi connectivity index (χ3n) is 6.47. The first-order valence-electron chi connectivity index (χ1n) is 12.0. The van der Waals surface area contributed by atoms with Crippen LogP contribution < -0.4 is 5.32 Å². The lowest BCUT2D eigenvalue weighted by Crippen LogP contribution is -2.53. The zero-order valence-corrected chi connectivity index (χ0v) is 20.7. The highest BCUT2D eigenvalue weighted by atomic mass is 19.3. The number of aliphatic imine (C=N–C) groups is 1. The van der Waals surface area contributed by atoms with Crippen LogP contribution in [0.2, 0.25) is 0 Å². The minimum Gasteiger partial charge on any atom is -0.466 e. The Hall–Kier alpha value is -3.31. The minimum atomic E-state index is -4.23. The number of rotatable bonds is 4. The number of methoxy groups -OCH3 is 1. The van der Waals surface area contributed by atoms with E-state index in [-0.39, 0.29) is 29.3 Å². The van der Waals surface area contributed by atoms with E-state index in [1.165, 1.54) is 6.20 Å². The molecular weight excluding hydrogens is 492 g/mol. The number of hydrogen-bond acceptors (Lipinski definition) is 7. The average molecular weight is 521 g/mol. The van der Waals surface area contributed by atoms with Crippen molar-refractivity contribution in [1.29, 1.82) is 0 Å². The van der Waals surface area contributed by atoms with Gasteiger partial charge in [-0.05, 0) is 29.8 Å². The molecule has 5 rings (SSSR count). The maximum absolute atomic E-state index is 16.1. The summed E-state index contributed by atoms with van der Waals surface area (Å²) in [4.78, 5) is 23.5. The summed E-state index contributed by atoms with van der Waals surface area (Å²) in [5.74, 6) is -6.26. The molecule has 1 spiro atoms. The second kappa shape index (κ2) is 10.6. The van der Waals surface area contributed by atoms with Crippen LogP contribution in [0.1, 0.15) is 36.8 Å². The standard InChI is InChI=1S/C24H22F4N4O3.C2H6/c1-34-22(33)19-18(13-32-8-10-35-11-9-32)30-21(17-4-2-3-7-29-17)31-23(19)16-6-5-14(25)12-15(16)20(26)24(23,27)28;1-2/h2-7,12,20H,8-11,13H2,1H3,(H,30,31);1-2H3. The van der Waals surface area contributed by atoms with E-state index in [1.807, 2.05) is 18.7 Å². The Balaban J connectivity index is 0.00000156. The fraction of sp³-hybridized carbons (Fsp3) is 0.423. The third kappa shape index (κ3) is 4.40. The number of carbonyl (C=O) groups excluding carboxylic acids is 1. The molecule has 0 radical (unpaired) electrons. The molecule has 2 atom stereocenters. The molecule has 3 aliphatic rings. The Morgan fingerprint density at radius 3 is 2.59 bits per heavy atom. The van der Waals surface area contributed by atoms with Gasteiger partial charge < -0.3 is 14.8 Å². The molecule has 1 fully saturated rings. The van der Waals surface area contributed by atoms with Gasteiger partial charge >= 0.3 is 11.9 Å². The van der Waals surface area contributed by atoms with E-state index < -0.39 is 40.6 Å². The third-order valence-corrected chi connectivity index (χ3v) is 6.47. The molecule has 3 heterocycles. The van der Waals surface area contributed by atoms with Gasteiger partial charge in [0.2, 0.25) is 0 Å². The van der Waals surface area contributed by atoms with Crippen molar-refractivity contribution in [3.8, 4) is 0 Å². The SMILES string of the molecule is CC.COC(=O)C1=C(CN2CCOCC2)NC(c2ccccn2)=NC12c1ccc(F)cc1C(F)C2(F)F. The molecule has 2 aliphatic heterocycles. The Morgan fingerprint density at radius 2 is 1.95 bits per heavy atom. The number of carbonyl (C=O) groups is 1. The van der Waals surface area contributed by atoms with E-state index in [2.05, 4.69) is 15.3 Å². The first-order chi connectivity index (χ1) is 17.8. The summed E-state index contributed by atoms with van der Waals surface area (Å²) < 4.78 is 71.7. The summed E-state index contributed by atoms with van der Waals surface area (Å²) in [5.41, 5.74) is -3.87. The number of nitrogens with zero attached hydrogens (tertiary/aromatic N) is 3. The normalized spacial score (nSPS) is 24.5. The molecule has 1 saturated heterocycles. The van der Waals surface area contributed by atoms with Crippen molar-refractivity contribution < 1.29 is 31.8 Å². The molecule has 198 valence electrons. The maximum Gasteiger partial charge on any atom is 0.338 e. The number of hydrogen-bond donors (Lipinski definition) is 1. The number of esters is 1. The number of nitrogens with one attached hydrogen (secondary N) is 1. The highest BCUT2D eigenvalue weighted by Crippen LogP contribution is 2.62. The van der Waals surface area contributed by atoms with Gasteiger partial charge in [-0.1, -0.05) is 26.0 Å². The number of morpholine rings is 1. The van der Waals surface area contributed by atoms with Crippen LogP contribution in [0.5, 0.6) is 0 Å². The second-order valence-electron chi connectivity index (χ2n) is 8.46. The van der Waals surface area contributed by atoms with Gasteiger partial charge in [0.05, 0.1) is 25.9 Å². The molecule has 2 unspecified atom stereocenters. The number of alkyl halides is 3. The summed E-state index contributed by atoms with van der Waals surface area (Å²) in [5, 5.41) is 2.98. The van der Waals surface area contributed by atoms with Crippen molar-refractivity contribution >= 4 is 11.8 Å².